The molecule has 0 aliphatic heterocycles. The third-order valence-corrected chi connectivity index (χ3v) is 3.47. The quantitative estimate of drug-likeness (QED) is 0.382. The Morgan fingerprint density at radius 3 is 2.68 bits per heavy atom. The molecule has 6 nitrogen and oxygen atoms in total. The number of aryl methyl sites for hydroxylation is 1. The third kappa shape index (κ3) is 6.95. The molecule has 1 rings (SSSR count). The molecule has 22 heavy (non-hydrogen) atoms. The lowest BCUT2D eigenvalue weighted by Gasteiger charge is -2.07. The van der Waals surface area contributed by atoms with Crippen molar-refractivity contribution in [3.8, 4) is 0 Å². The van der Waals surface area contributed by atoms with Crippen LogP contribution in [0.1, 0.15) is 37.2 Å². The highest BCUT2D eigenvalue weighted by Gasteiger charge is 2.10. The van der Waals surface area contributed by atoms with Crippen molar-refractivity contribution >= 4 is 29.9 Å². The maximum atomic E-state index is 5.89. The predicted molar refractivity (Wildman–Crippen MR) is 102 cm³/mol. The molecule has 0 saturated heterocycles. The van der Waals surface area contributed by atoms with E-state index in [2.05, 4.69) is 36.2 Å². The number of halogens is 1. The van der Waals surface area contributed by atoms with E-state index in [1.165, 1.54) is 0 Å². The van der Waals surface area contributed by atoms with E-state index in [4.69, 9.17) is 10.5 Å². The van der Waals surface area contributed by atoms with Gasteiger partial charge in [0.05, 0.1) is 25.4 Å². The van der Waals surface area contributed by atoms with Crippen LogP contribution in [0.5, 0.6) is 0 Å². The van der Waals surface area contributed by atoms with Crippen molar-refractivity contribution in [2.45, 2.75) is 47.2 Å². The van der Waals surface area contributed by atoms with Crippen molar-refractivity contribution in [1.29, 1.82) is 0 Å². The van der Waals surface area contributed by atoms with Gasteiger partial charge < -0.3 is 15.8 Å². The van der Waals surface area contributed by atoms with Gasteiger partial charge in [0.15, 0.2) is 5.96 Å². The Balaban J connectivity index is 0.00000441. The van der Waals surface area contributed by atoms with E-state index in [1.807, 2.05) is 11.6 Å². The zero-order chi connectivity index (χ0) is 15.8. The van der Waals surface area contributed by atoms with Gasteiger partial charge in [-0.05, 0) is 26.2 Å². The number of aliphatic imine (C=N–C) groups is 1. The molecule has 0 radical (unpaired) electrons. The highest BCUT2D eigenvalue weighted by atomic mass is 127. The zero-order valence-electron chi connectivity index (χ0n) is 14.3. The molecule has 0 unspecified atom stereocenters. The molecule has 0 aliphatic carbocycles. The Bertz CT molecular complexity index is 471. The first kappa shape index (κ1) is 21.2. The molecule has 0 saturated carbocycles. The van der Waals surface area contributed by atoms with Crippen molar-refractivity contribution in [3.05, 3.63) is 17.0 Å². The molecule has 3 N–H and O–H groups in total. The zero-order valence-corrected chi connectivity index (χ0v) is 16.7. The van der Waals surface area contributed by atoms with Crippen LogP contribution in [0, 0.1) is 19.8 Å². The van der Waals surface area contributed by atoms with Crippen LogP contribution in [0.2, 0.25) is 0 Å². The fraction of sp³-hybridized carbons (Fsp3) is 0.733. The largest absolute Gasteiger partial charge is 0.383 e. The Morgan fingerprint density at radius 2 is 2.09 bits per heavy atom. The highest BCUT2D eigenvalue weighted by molar-refractivity contribution is 14.0. The van der Waals surface area contributed by atoms with Gasteiger partial charge in [-0.2, -0.15) is 5.10 Å². The molecule has 1 heterocycles. The van der Waals surface area contributed by atoms with Gasteiger partial charge in [-0.25, -0.2) is 4.99 Å². The number of methoxy groups -OCH3 is 1. The Morgan fingerprint density at radius 1 is 1.41 bits per heavy atom. The lowest BCUT2D eigenvalue weighted by Crippen LogP contribution is -2.32. The van der Waals surface area contributed by atoms with Gasteiger partial charge >= 0.3 is 0 Å². The molecule has 0 fully saturated rings. The standard InChI is InChI=1S/C15H29N5O.HI/c1-11(2)6-7-17-15(16)18-10-14-12(3)19-20(13(14)4)8-9-21-5;/h11H,6-10H2,1-5H3,(H3,16,17,18);1H. The summed E-state index contributed by atoms with van der Waals surface area (Å²) in [6.07, 6.45) is 1.09. The van der Waals surface area contributed by atoms with Gasteiger partial charge in [-0.15, -0.1) is 24.0 Å². The van der Waals surface area contributed by atoms with E-state index in [1.54, 1.807) is 7.11 Å². The summed E-state index contributed by atoms with van der Waals surface area (Å²) >= 11 is 0. The molecule has 0 aliphatic rings. The summed E-state index contributed by atoms with van der Waals surface area (Å²) in [5.41, 5.74) is 9.16. The van der Waals surface area contributed by atoms with Crippen molar-refractivity contribution in [2.24, 2.45) is 16.6 Å². The fourth-order valence-corrected chi connectivity index (χ4v) is 2.07. The molecule has 0 atom stereocenters. The number of nitrogens with zero attached hydrogens (tertiary/aromatic N) is 3. The summed E-state index contributed by atoms with van der Waals surface area (Å²) in [4.78, 5) is 4.41. The van der Waals surface area contributed by atoms with Crippen molar-refractivity contribution in [2.75, 3.05) is 20.3 Å². The topological polar surface area (TPSA) is 77.5 Å². The second-order valence-corrected chi connectivity index (χ2v) is 5.68. The smallest absolute Gasteiger partial charge is 0.188 e. The minimum atomic E-state index is 0. The van der Waals surface area contributed by atoms with E-state index in [-0.39, 0.29) is 24.0 Å². The molecular weight excluding hydrogens is 393 g/mol. The van der Waals surface area contributed by atoms with Crippen LogP contribution in [0.4, 0.5) is 0 Å². The summed E-state index contributed by atoms with van der Waals surface area (Å²) in [6, 6.07) is 0. The minimum Gasteiger partial charge on any atom is -0.383 e. The first-order valence-corrected chi connectivity index (χ1v) is 7.51. The minimum absolute atomic E-state index is 0. The van der Waals surface area contributed by atoms with Gasteiger partial charge in [0.2, 0.25) is 0 Å². The van der Waals surface area contributed by atoms with Crippen LogP contribution < -0.4 is 11.1 Å². The molecule has 128 valence electrons. The Labute approximate surface area is 150 Å². The van der Waals surface area contributed by atoms with Crippen LogP contribution in [0.3, 0.4) is 0 Å². The molecule has 0 spiro atoms. The number of guanidine groups is 1. The molecule has 0 aromatic carbocycles. The van der Waals surface area contributed by atoms with Crippen LogP contribution in [0.15, 0.2) is 4.99 Å². The van der Waals surface area contributed by atoms with Crippen LogP contribution in [-0.2, 0) is 17.8 Å². The molecule has 0 bridgehead atoms. The predicted octanol–water partition coefficient (Wildman–Crippen LogP) is 2.21. The molecule has 1 aromatic heterocycles. The third-order valence-electron chi connectivity index (χ3n) is 3.47. The van der Waals surface area contributed by atoms with Gasteiger partial charge in [0.25, 0.3) is 0 Å². The monoisotopic (exact) mass is 423 g/mol. The lowest BCUT2D eigenvalue weighted by atomic mass is 10.1. The van der Waals surface area contributed by atoms with E-state index in [0.717, 1.165) is 36.5 Å². The van der Waals surface area contributed by atoms with Gasteiger partial charge in [-0.1, -0.05) is 13.8 Å². The first-order valence-electron chi connectivity index (χ1n) is 7.51. The normalized spacial score (nSPS) is 11.6. The second kappa shape index (κ2) is 10.8. The summed E-state index contributed by atoms with van der Waals surface area (Å²) < 4.78 is 7.06. The first-order chi connectivity index (χ1) is 9.95. The van der Waals surface area contributed by atoms with Crippen molar-refractivity contribution in [3.63, 3.8) is 0 Å². The van der Waals surface area contributed by atoms with Crippen LogP contribution >= 0.6 is 24.0 Å². The fourth-order valence-electron chi connectivity index (χ4n) is 2.07. The van der Waals surface area contributed by atoms with Crippen LogP contribution in [-0.4, -0.2) is 36.0 Å². The van der Waals surface area contributed by atoms with Gasteiger partial charge in [-0.3, -0.25) is 4.68 Å². The summed E-state index contributed by atoms with van der Waals surface area (Å²) in [5.74, 6) is 1.16. The van der Waals surface area contributed by atoms with Gasteiger partial charge in [0.1, 0.15) is 0 Å². The second-order valence-electron chi connectivity index (χ2n) is 5.68. The van der Waals surface area contributed by atoms with E-state index < -0.39 is 0 Å². The number of hydrogen-bond donors (Lipinski definition) is 2. The number of ether oxygens (including phenoxy) is 1. The number of nitrogens with one attached hydrogen (secondary N) is 1. The SMILES string of the molecule is COCCn1nc(C)c(CN=C(N)NCCC(C)C)c1C.I. The number of hydrogen-bond acceptors (Lipinski definition) is 3. The molecule has 0 amide bonds. The highest BCUT2D eigenvalue weighted by Crippen LogP contribution is 2.14. The van der Waals surface area contributed by atoms with E-state index in [0.29, 0.717) is 25.0 Å². The molecule has 7 heteroatoms. The van der Waals surface area contributed by atoms with Crippen molar-refractivity contribution < 1.29 is 4.74 Å². The summed E-state index contributed by atoms with van der Waals surface area (Å²) in [5, 5.41) is 7.66. The average molecular weight is 423 g/mol. The maximum Gasteiger partial charge on any atom is 0.188 e. The van der Waals surface area contributed by atoms with E-state index in [9.17, 15) is 0 Å². The molecule has 1 aromatic rings. The van der Waals surface area contributed by atoms with E-state index >= 15 is 0 Å². The summed E-state index contributed by atoms with van der Waals surface area (Å²) in [7, 11) is 1.69. The number of nitrogens with two attached hydrogens (primary N) is 1. The van der Waals surface area contributed by atoms with Crippen molar-refractivity contribution in [1.82, 2.24) is 15.1 Å². The lowest BCUT2D eigenvalue weighted by molar-refractivity contribution is 0.182. The maximum absolute atomic E-state index is 5.89. The Kier molecular flexibility index (Phi) is 10.4. The Hall–Kier alpha value is -0.830. The van der Waals surface area contributed by atoms with Crippen LogP contribution in [0.25, 0.3) is 0 Å². The average Bonchev–Trinajstić information content (AvgIpc) is 2.68. The summed E-state index contributed by atoms with van der Waals surface area (Å²) in [6.45, 7) is 11.3. The molecular formula is C15H30IN5O. The van der Waals surface area contributed by atoms with Gasteiger partial charge in [0, 0.05) is 24.9 Å². The number of rotatable bonds is 8. The number of aromatic nitrogens is 2.